The van der Waals surface area contributed by atoms with Crippen molar-refractivity contribution in [1.82, 2.24) is 5.32 Å². The summed E-state index contributed by atoms with van der Waals surface area (Å²) >= 11 is 0. The molecule has 30 heavy (non-hydrogen) atoms. The summed E-state index contributed by atoms with van der Waals surface area (Å²) in [6, 6.07) is 15.0. The molecule has 0 spiro atoms. The zero-order chi connectivity index (χ0) is 21.4. The van der Waals surface area contributed by atoms with Crippen LogP contribution in [0.4, 0.5) is 5.69 Å². The lowest BCUT2D eigenvalue weighted by Gasteiger charge is -2.22. The molecule has 0 aromatic heterocycles. The largest absolute Gasteiger partial charge is 0.378 e. The van der Waals surface area contributed by atoms with Gasteiger partial charge in [-0.05, 0) is 49.6 Å². The van der Waals surface area contributed by atoms with E-state index >= 15 is 0 Å². The van der Waals surface area contributed by atoms with Crippen LogP contribution in [-0.4, -0.2) is 40.6 Å². The third-order valence-corrected chi connectivity index (χ3v) is 7.17. The van der Waals surface area contributed by atoms with Crippen molar-refractivity contribution in [3.63, 3.8) is 0 Å². The first-order valence-corrected chi connectivity index (χ1v) is 12.0. The van der Waals surface area contributed by atoms with E-state index in [-0.39, 0.29) is 10.8 Å². The Kier molecular flexibility index (Phi) is 7.87. The van der Waals surface area contributed by atoms with Crippen LogP contribution < -0.4 is 9.62 Å². The number of benzene rings is 2. The van der Waals surface area contributed by atoms with Crippen LogP contribution in [0.5, 0.6) is 0 Å². The summed E-state index contributed by atoms with van der Waals surface area (Å²) in [4.78, 5) is 12.6. The Hall–Kier alpha value is -2.38. The van der Waals surface area contributed by atoms with Gasteiger partial charge in [0.05, 0.1) is 16.7 Å². The minimum absolute atomic E-state index is 0.0853. The van der Waals surface area contributed by atoms with Gasteiger partial charge in [0, 0.05) is 25.8 Å². The molecule has 1 amide bonds. The molecular weight excluding hydrogens is 400 g/mol. The average molecular weight is 431 g/mol. The van der Waals surface area contributed by atoms with Gasteiger partial charge in [-0.25, -0.2) is 8.42 Å². The highest BCUT2D eigenvalue weighted by atomic mass is 32.2. The number of carbonyl (C=O) groups is 1. The Balaban J connectivity index is 1.54. The number of para-hydroxylation sites is 1. The second-order valence-corrected chi connectivity index (χ2v) is 9.55. The van der Waals surface area contributed by atoms with Crippen LogP contribution in [0.15, 0.2) is 59.5 Å². The molecule has 1 aliphatic rings. The van der Waals surface area contributed by atoms with Crippen LogP contribution in [-0.2, 0) is 14.8 Å². The predicted molar refractivity (Wildman–Crippen MR) is 118 cm³/mol. The van der Waals surface area contributed by atoms with E-state index in [0.717, 1.165) is 19.3 Å². The molecule has 3 rings (SSSR count). The summed E-state index contributed by atoms with van der Waals surface area (Å²) in [5, 5.41) is 2.85. The molecule has 2 aromatic carbocycles. The molecular formula is C23H30N2O4S. The first kappa shape index (κ1) is 22.3. The molecule has 1 saturated carbocycles. The zero-order valence-electron chi connectivity index (χ0n) is 17.4. The van der Waals surface area contributed by atoms with Crippen molar-refractivity contribution in [1.29, 1.82) is 0 Å². The molecule has 0 unspecified atom stereocenters. The highest BCUT2D eigenvalue weighted by Crippen LogP contribution is 2.22. The molecule has 0 heterocycles. The first-order chi connectivity index (χ1) is 14.5. The summed E-state index contributed by atoms with van der Waals surface area (Å²) in [7, 11) is -2.25. The van der Waals surface area contributed by atoms with Crippen molar-refractivity contribution >= 4 is 21.6 Å². The summed E-state index contributed by atoms with van der Waals surface area (Å²) in [5.74, 6) is -0.285. The lowest BCUT2D eigenvalue weighted by Crippen LogP contribution is -2.28. The Bertz CT molecular complexity index is 925. The predicted octanol–water partition coefficient (Wildman–Crippen LogP) is 3.98. The smallest absolute Gasteiger partial charge is 0.264 e. The summed E-state index contributed by atoms with van der Waals surface area (Å²) in [5.41, 5.74) is 0.885. The van der Waals surface area contributed by atoms with Gasteiger partial charge < -0.3 is 10.1 Å². The van der Waals surface area contributed by atoms with E-state index < -0.39 is 10.0 Å². The number of carbonyl (C=O) groups excluding carboxylic acids is 1. The molecule has 6 nitrogen and oxygen atoms in total. The quantitative estimate of drug-likeness (QED) is 0.611. The van der Waals surface area contributed by atoms with E-state index in [2.05, 4.69) is 5.32 Å². The van der Waals surface area contributed by atoms with Crippen LogP contribution in [0.1, 0.15) is 48.9 Å². The van der Waals surface area contributed by atoms with Gasteiger partial charge in [0.15, 0.2) is 0 Å². The van der Waals surface area contributed by atoms with Gasteiger partial charge in [-0.2, -0.15) is 0 Å². The van der Waals surface area contributed by atoms with Crippen molar-refractivity contribution < 1.29 is 17.9 Å². The number of nitrogens with zero attached hydrogens (tertiary/aromatic N) is 1. The number of nitrogens with one attached hydrogen (secondary N) is 1. The maximum atomic E-state index is 12.9. The van der Waals surface area contributed by atoms with E-state index in [1.807, 2.05) is 6.07 Å². The monoisotopic (exact) mass is 430 g/mol. The number of hydrogen-bond donors (Lipinski definition) is 1. The fourth-order valence-electron chi connectivity index (χ4n) is 3.59. The normalized spacial score (nSPS) is 15.0. The molecule has 0 saturated heterocycles. The number of amides is 1. The van der Waals surface area contributed by atoms with E-state index in [1.165, 1.54) is 42.7 Å². The highest BCUT2D eigenvalue weighted by molar-refractivity contribution is 7.92. The molecule has 0 radical (unpaired) electrons. The molecule has 0 aliphatic heterocycles. The van der Waals surface area contributed by atoms with Crippen molar-refractivity contribution in [3.05, 3.63) is 60.2 Å². The maximum Gasteiger partial charge on any atom is 0.264 e. The number of hydrogen-bond acceptors (Lipinski definition) is 4. The van der Waals surface area contributed by atoms with Gasteiger partial charge >= 0.3 is 0 Å². The highest BCUT2D eigenvalue weighted by Gasteiger charge is 2.22. The van der Waals surface area contributed by atoms with Gasteiger partial charge in [-0.3, -0.25) is 9.10 Å². The van der Waals surface area contributed by atoms with Gasteiger partial charge in [0.25, 0.3) is 15.9 Å². The van der Waals surface area contributed by atoms with Crippen LogP contribution in [0.2, 0.25) is 0 Å². The standard InChI is InChI=1S/C23H30N2O4S/c1-25(20-11-4-2-5-12-20)30(27,28)22-15-8-10-19(18-22)23(26)24-16-9-17-29-21-13-6-3-7-14-21/h2,4-5,8,10-12,15,18,21H,3,6-7,9,13-14,16-17H2,1H3,(H,24,26). The minimum Gasteiger partial charge on any atom is -0.378 e. The van der Waals surface area contributed by atoms with Crippen LogP contribution >= 0.6 is 0 Å². The van der Waals surface area contributed by atoms with E-state index in [0.29, 0.717) is 30.5 Å². The van der Waals surface area contributed by atoms with Crippen LogP contribution in [0.3, 0.4) is 0 Å². The van der Waals surface area contributed by atoms with Gasteiger partial charge in [0.1, 0.15) is 0 Å². The fraction of sp³-hybridized carbons (Fsp3) is 0.435. The molecule has 7 heteroatoms. The van der Waals surface area contributed by atoms with Crippen molar-refractivity contribution in [2.24, 2.45) is 0 Å². The van der Waals surface area contributed by atoms with Gasteiger partial charge in [-0.15, -0.1) is 0 Å². The lowest BCUT2D eigenvalue weighted by atomic mass is 9.98. The third kappa shape index (κ3) is 5.83. The van der Waals surface area contributed by atoms with Crippen molar-refractivity contribution in [3.8, 4) is 0 Å². The van der Waals surface area contributed by atoms with Gasteiger partial charge in [0.2, 0.25) is 0 Å². The summed E-state index contributed by atoms with van der Waals surface area (Å²) in [6.07, 6.45) is 7.12. The van der Waals surface area contributed by atoms with Crippen molar-refractivity contribution in [2.75, 3.05) is 24.5 Å². The third-order valence-electron chi connectivity index (χ3n) is 5.39. The topological polar surface area (TPSA) is 75.7 Å². The van der Waals surface area contributed by atoms with E-state index in [1.54, 1.807) is 36.4 Å². The van der Waals surface area contributed by atoms with E-state index in [9.17, 15) is 13.2 Å². The van der Waals surface area contributed by atoms with Crippen molar-refractivity contribution in [2.45, 2.75) is 49.5 Å². The average Bonchev–Trinajstić information content (AvgIpc) is 2.79. The number of sulfonamides is 1. The number of ether oxygens (including phenoxy) is 1. The molecule has 1 aliphatic carbocycles. The Labute approximate surface area is 179 Å². The molecule has 2 aromatic rings. The summed E-state index contributed by atoms with van der Waals surface area (Å²) < 4.78 is 33.0. The van der Waals surface area contributed by atoms with Crippen LogP contribution in [0.25, 0.3) is 0 Å². The molecule has 0 atom stereocenters. The number of rotatable bonds is 9. The zero-order valence-corrected chi connectivity index (χ0v) is 18.2. The Morgan fingerprint density at radius 1 is 1.07 bits per heavy atom. The second kappa shape index (κ2) is 10.6. The molecule has 1 N–H and O–H groups in total. The number of anilines is 1. The van der Waals surface area contributed by atoms with Gasteiger partial charge in [-0.1, -0.05) is 43.5 Å². The second-order valence-electron chi connectivity index (χ2n) is 7.58. The molecule has 162 valence electrons. The first-order valence-electron chi connectivity index (χ1n) is 10.5. The Morgan fingerprint density at radius 3 is 2.53 bits per heavy atom. The van der Waals surface area contributed by atoms with Crippen LogP contribution in [0, 0.1) is 0 Å². The Morgan fingerprint density at radius 2 is 1.80 bits per heavy atom. The summed E-state index contributed by atoms with van der Waals surface area (Å²) in [6.45, 7) is 1.12. The lowest BCUT2D eigenvalue weighted by molar-refractivity contribution is 0.0273. The molecule has 1 fully saturated rings. The molecule has 0 bridgehead atoms. The van der Waals surface area contributed by atoms with E-state index in [4.69, 9.17) is 4.74 Å². The maximum absolute atomic E-state index is 12.9. The SMILES string of the molecule is CN(c1ccccc1)S(=O)(=O)c1cccc(C(=O)NCCCOC2CCCCC2)c1. The minimum atomic E-state index is -3.76. The fourth-order valence-corrected chi connectivity index (χ4v) is 4.83.